The molecule has 2 atom stereocenters. The molecule has 1 fully saturated rings. The van der Waals surface area contributed by atoms with Crippen molar-refractivity contribution >= 4 is 0 Å². The number of nitrogens with zero attached hydrogens (tertiary/aromatic N) is 1. The minimum Gasteiger partial charge on any atom is -0.369 e. The van der Waals surface area contributed by atoms with Crippen LogP contribution in [0.5, 0.6) is 0 Å². The van der Waals surface area contributed by atoms with Crippen molar-refractivity contribution in [1.82, 2.24) is 15.4 Å². The molecule has 1 aliphatic rings. The van der Waals surface area contributed by atoms with Gasteiger partial charge in [0.2, 0.25) is 0 Å². The third kappa shape index (κ3) is 2.36. The summed E-state index contributed by atoms with van der Waals surface area (Å²) in [4.78, 5) is 7.41. The Labute approximate surface area is 102 Å². The van der Waals surface area contributed by atoms with Crippen LogP contribution < -0.4 is 11.3 Å². The molecule has 0 saturated carbocycles. The van der Waals surface area contributed by atoms with Crippen LogP contribution in [0.2, 0.25) is 0 Å². The van der Waals surface area contributed by atoms with Gasteiger partial charge in [-0.1, -0.05) is 0 Å². The van der Waals surface area contributed by atoms with E-state index in [1.165, 1.54) is 0 Å². The van der Waals surface area contributed by atoms with E-state index in [-0.39, 0.29) is 23.2 Å². The smallest absolute Gasteiger partial charge is 0.124 e. The SMILES string of the molecule is CC1(C)CC(C(NN)c2ncc[nH]2)C(C)(C)O1. The van der Waals surface area contributed by atoms with Gasteiger partial charge in [0, 0.05) is 18.3 Å². The average Bonchev–Trinajstić information content (AvgIpc) is 2.74. The number of ether oxygens (including phenoxy) is 1. The molecule has 1 aromatic rings. The molecule has 0 spiro atoms. The molecule has 96 valence electrons. The van der Waals surface area contributed by atoms with E-state index in [0.717, 1.165) is 12.2 Å². The van der Waals surface area contributed by atoms with Crippen molar-refractivity contribution < 1.29 is 4.74 Å². The van der Waals surface area contributed by atoms with E-state index in [0.29, 0.717) is 0 Å². The number of aromatic amines is 1. The van der Waals surface area contributed by atoms with Crippen LogP contribution in [-0.4, -0.2) is 21.2 Å². The fourth-order valence-corrected chi connectivity index (χ4v) is 2.96. The van der Waals surface area contributed by atoms with Crippen LogP contribution in [-0.2, 0) is 4.74 Å². The number of hydrogen-bond acceptors (Lipinski definition) is 4. The van der Waals surface area contributed by atoms with Crippen molar-refractivity contribution in [2.24, 2.45) is 11.8 Å². The Balaban J connectivity index is 2.26. The van der Waals surface area contributed by atoms with Crippen LogP contribution >= 0.6 is 0 Å². The molecule has 2 rings (SSSR count). The van der Waals surface area contributed by atoms with Gasteiger partial charge in [-0.05, 0) is 34.1 Å². The van der Waals surface area contributed by atoms with E-state index < -0.39 is 0 Å². The molecule has 1 aromatic heterocycles. The van der Waals surface area contributed by atoms with Crippen molar-refractivity contribution in [3.63, 3.8) is 0 Å². The summed E-state index contributed by atoms with van der Waals surface area (Å²) < 4.78 is 6.09. The number of rotatable bonds is 3. The van der Waals surface area contributed by atoms with Crippen LogP contribution in [0.4, 0.5) is 0 Å². The molecule has 0 aromatic carbocycles. The normalized spacial score (nSPS) is 28.2. The van der Waals surface area contributed by atoms with Crippen molar-refractivity contribution in [3.05, 3.63) is 18.2 Å². The van der Waals surface area contributed by atoms with Crippen LogP contribution in [0.25, 0.3) is 0 Å². The first kappa shape index (κ1) is 12.5. The van der Waals surface area contributed by atoms with Gasteiger partial charge in [0.15, 0.2) is 0 Å². The van der Waals surface area contributed by atoms with E-state index in [9.17, 15) is 0 Å². The van der Waals surface area contributed by atoms with E-state index in [1.807, 2.05) is 6.20 Å². The molecule has 0 amide bonds. The van der Waals surface area contributed by atoms with Gasteiger partial charge in [-0.2, -0.15) is 0 Å². The van der Waals surface area contributed by atoms with Crippen LogP contribution in [0.3, 0.4) is 0 Å². The number of H-pyrrole nitrogens is 1. The lowest BCUT2D eigenvalue weighted by Gasteiger charge is -2.31. The van der Waals surface area contributed by atoms with E-state index in [2.05, 4.69) is 43.1 Å². The van der Waals surface area contributed by atoms with Gasteiger partial charge in [0.1, 0.15) is 5.82 Å². The first-order valence-corrected chi connectivity index (χ1v) is 6.01. The Morgan fingerprint density at radius 1 is 1.53 bits per heavy atom. The van der Waals surface area contributed by atoms with Gasteiger partial charge in [-0.25, -0.2) is 10.4 Å². The second-order valence-electron chi connectivity index (χ2n) is 5.89. The molecule has 2 unspecified atom stereocenters. The molecule has 5 nitrogen and oxygen atoms in total. The maximum absolute atomic E-state index is 6.09. The van der Waals surface area contributed by atoms with Crippen molar-refractivity contribution in [2.45, 2.75) is 51.4 Å². The lowest BCUT2D eigenvalue weighted by atomic mass is 9.81. The van der Waals surface area contributed by atoms with Gasteiger partial charge in [-0.3, -0.25) is 5.84 Å². The zero-order valence-corrected chi connectivity index (χ0v) is 10.9. The second-order valence-corrected chi connectivity index (χ2v) is 5.89. The predicted octanol–water partition coefficient (Wildman–Crippen LogP) is 1.51. The highest BCUT2D eigenvalue weighted by molar-refractivity contribution is 5.06. The molecule has 1 aliphatic heterocycles. The molecular formula is C12H22N4O. The number of imidazole rings is 1. The molecule has 0 bridgehead atoms. The minimum absolute atomic E-state index is 0.0122. The lowest BCUT2D eigenvalue weighted by Crippen LogP contribution is -2.41. The maximum atomic E-state index is 6.09. The molecule has 0 aliphatic carbocycles. The summed E-state index contributed by atoms with van der Waals surface area (Å²) in [5, 5.41) is 0. The Bertz CT molecular complexity index is 372. The second kappa shape index (κ2) is 4.08. The Morgan fingerprint density at radius 3 is 2.65 bits per heavy atom. The fourth-order valence-electron chi connectivity index (χ4n) is 2.96. The summed E-state index contributed by atoms with van der Waals surface area (Å²) in [7, 11) is 0. The highest BCUT2D eigenvalue weighted by Gasteiger charge is 2.49. The van der Waals surface area contributed by atoms with Crippen LogP contribution in [0.1, 0.15) is 46.0 Å². The monoisotopic (exact) mass is 238 g/mol. The zero-order valence-electron chi connectivity index (χ0n) is 10.9. The third-order valence-electron chi connectivity index (χ3n) is 3.54. The molecule has 2 heterocycles. The predicted molar refractivity (Wildman–Crippen MR) is 66.0 cm³/mol. The highest BCUT2D eigenvalue weighted by atomic mass is 16.5. The summed E-state index contributed by atoms with van der Waals surface area (Å²) in [6, 6.07) is -0.0122. The zero-order chi connectivity index (χ0) is 12.7. The Kier molecular flexibility index (Phi) is 3.01. The maximum Gasteiger partial charge on any atom is 0.124 e. The molecule has 4 N–H and O–H groups in total. The average molecular weight is 238 g/mol. The van der Waals surface area contributed by atoms with Gasteiger partial charge in [0.05, 0.1) is 17.2 Å². The van der Waals surface area contributed by atoms with Gasteiger partial charge in [-0.15, -0.1) is 0 Å². The molecular weight excluding hydrogens is 216 g/mol. The fraction of sp³-hybridized carbons (Fsp3) is 0.750. The quantitative estimate of drug-likeness (QED) is 0.551. The summed E-state index contributed by atoms with van der Waals surface area (Å²) >= 11 is 0. The molecule has 5 heteroatoms. The van der Waals surface area contributed by atoms with Gasteiger partial charge in [0.25, 0.3) is 0 Å². The number of nitrogens with two attached hydrogens (primary N) is 1. The Hall–Kier alpha value is -0.910. The van der Waals surface area contributed by atoms with E-state index in [1.54, 1.807) is 6.20 Å². The van der Waals surface area contributed by atoms with Gasteiger partial charge < -0.3 is 9.72 Å². The largest absolute Gasteiger partial charge is 0.369 e. The van der Waals surface area contributed by atoms with Crippen LogP contribution in [0, 0.1) is 5.92 Å². The number of hydrogen-bond donors (Lipinski definition) is 3. The summed E-state index contributed by atoms with van der Waals surface area (Å²) in [6.07, 6.45) is 4.51. The van der Waals surface area contributed by atoms with Crippen molar-refractivity contribution in [3.8, 4) is 0 Å². The minimum atomic E-state index is -0.215. The molecule has 17 heavy (non-hydrogen) atoms. The molecule has 1 saturated heterocycles. The molecule has 0 radical (unpaired) electrons. The third-order valence-corrected chi connectivity index (χ3v) is 3.54. The summed E-state index contributed by atoms with van der Waals surface area (Å²) in [5.74, 6) is 6.84. The van der Waals surface area contributed by atoms with Crippen LogP contribution in [0.15, 0.2) is 12.4 Å². The number of aromatic nitrogens is 2. The summed E-state index contributed by atoms with van der Waals surface area (Å²) in [5.41, 5.74) is 2.54. The lowest BCUT2D eigenvalue weighted by molar-refractivity contribution is -0.0781. The van der Waals surface area contributed by atoms with Crippen molar-refractivity contribution in [2.75, 3.05) is 0 Å². The highest BCUT2D eigenvalue weighted by Crippen LogP contribution is 2.46. The first-order valence-electron chi connectivity index (χ1n) is 6.01. The number of hydrazine groups is 1. The first-order chi connectivity index (χ1) is 7.86. The van der Waals surface area contributed by atoms with E-state index >= 15 is 0 Å². The Morgan fingerprint density at radius 2 is 2.24 bits per heavy atom. The standard InChI is InChI=1S/C12H22N4O/c1-11(2)7-8(12(3,4)17-11)9(16-13)10-14-5-6-15-10/h5-6,8-9,16H,7,13H2,1-4H3,(H,14,15). The topological polar surface area (TPSA) is 76.0 Å². The van der Waals surface area contributed by atoms with Crippen molar-refractivity contribution in [1.29, 1.82) is 0 Å². The number of nitrogens with one attached hydrogen (secondary N) is 2. The summed E-state index contributed by atoms with van der Waals surface area (Å²) in [6.45, 7) is 8.45. The van der Waals surface area contributed by atoms with Gasteiger partial charge >= 0.3 is 0 Å². The van der Waals surface area contributed by atoms with E-state index in [4.69, 9.17) is 10.6 Å².